The van der Waals surface area contributed by atoms with E-state index in [2.05, 4.69) is 5.32 Å². The van der Waals surface area contributed by atoms with E-state index in [1.807, 2.05) is 37.3 Å². The molecule has 0 heterocycles. The Balaban J connectivity index is 1.82. The lowest BCUT2D eigenvalue weighted by molar-refractivity contribution is 0.303. The Kier molecular flexibility index (Phi) is 7.25. The lowest BCUT2D eigenvalue weighted by Gasteiger charge is -2.16. The summed E-state index contributed by atoms with van der Waals surface area (Å²) in [5.74, 6) is 0.546. The molecule has 0 bridgehead atoms. The van der Waals surface area contributed by atoms with Gasteiger partial charge in [-0.2, -0.15) is 0 Å². The minimum atomic E-state index is 0.251. The first-order valence-corrected chi connectivity index (χ1v) is 10.3. The third kappa shape index (κ3) is 5.40. The number of halogens is 5. The Hall–Kier alpha value is -1.29. The Labute approximate surface area is 189 Å². The standard InChI is InChI=1S/C21H16Cl5NO/c1-12-2-4-16(23)9-20(12)27-10-14-6-17(24)8-19(26)21(14)28-11-13-3-5-15(22)7-18(13)25/h2-9,27H,10-11H2,1H3. The maximum absolute atomic E-state index is 6.39. The third-order valence-electron chi connectivity index (χ3n) is 4.14. The summed E-state index contributed by atoms with van der Waals surface area (Å²) in [5, 5.41) is 6.08. The van der Waals surface area contributed by atoms with Crippen molar-refractivity contribution in [1.29, 1.82) is 0 Å². The lowest BCUT2D eigenvalue weighted by atomic mass is 10.1. The molecule has 28 heavy (non-hydrogen) atoms. The normalized spacial score (nSPS) is 10.8. The SMILES string of the molecule is Cc1ccc(Cl)cc1NCc1cc(Cl)cc(Cl)c1OCc1ccc(Cl)cc1Cl. The quantitative estimate of drug-likeness (QED) is 0.386. The summed E-state index contributed by atoms with van der Waals surface area (Å²) in [7, 11) is 0. The zero-order valence-electron chi connectivity index (χ0n) is 14.8. The van der Waals surface area contributed by atoms with Gasteiger partial charge in [0.25, 0.3) is 0 Å². The van der Waals surface area contributed by atoms with Crippen molar-refractivity contribution in [3.63, 3.8) is 0 Å². The summed E-state index contributed by atoms with van der Waals surface area (Å²) >= 11 is 30.9. The van der Waals surface area contributed by atoms with Crippen LogP contribution in [0.15, 0.2) is 48.5 Å². The number of anilines is 1. The monoisotopic (exact) mass is 473 g/mol. The molecular formula is C21H16Cl5NO. The van der Waals surface area contributed by atoms with Gasteiger partial charge in [0.05, 0.1) is 5.02 Å². The highest BCUT2D eigenvalue weighted by Crippen LogP contribution is 2.34. The van der Waals surface area contributed by atoms with Crippen LogP contribution >= 0.6 is 58.0 Å². The van der Waals surface area contributed by atoms with E-state index in [4.69, 9.17) is 62.7 Å². The Morgan fingerprint density at radius 3 is 2.18 bits per heavy atom. The Morgan fingerprint density at radius 1 is 0.750 bits per heavy atom. The molecule has 3 aromatic carbocycles. The van der Waals surface area contributed by atoms with E-state index in [0.29, 0.717) is 37.4 Å². The van der Waals surface area contributed by atoms with E-state index in [0.717, 1.165) is 22.4 Å². The molecule has 0 saturated heterocycles. The average molecular weight is 476 g/mol. The van der Waals surface area contributed by atoms with Gasteiger partial charge in [-0.1, -0.05) is 70.1 Å². The zero-order valence-corrected chi connectivity index (χ0v) is 18.6. The molecule has 0 aliphatic heterocycles. The van der Waals surface area contributed by atoms with E-state index in [1.54, 1.807) is 18.2 Å². The maximum atomic E-state index is 6.39. The molecule has 0 aliphatic carbocycles. The van der Waals surface area contributed by atoms with Crippen LogP contribution in [0.4, 0.5) is 5.69 Å². The predicted molar refractivity (Wildman–Crippen MR) is 121 cm³/mol. The predicted octanol–water partition coefficient (Wildman–Crippen LogP) is 8.45. The van der Waals surface area contributed by atoms with Crippen molar-refractivity contribution >= 4 is 63.7 Å². The van der Waals surface area contributed by atoms with Gasteiger partial charge in [-0.3, -0.25) is 0 Å². The van der Waals surface area contributed by atoms with E-state index in [9.17, 15) is 0 Å². The van der Waals surface area contributed by atoms with Crippen molar-refractivity contribution in [2.24, 2.45) is 0 Å². The minimum absolute atomic E-state index is 0.251. The van der Waals surface area contributed by atoms with Gasteiger partial charge in [0.15, 0.2) is 0 Å². The topological polar surface area (TPSA) is 21.3 Å². The second-order valence-electron chi connectivity index (χ2n) is 6.21. The molecule has 0 fully saturated rings. The molecule has 0 saturated carbocycles. The average Bonchev–Trinajstić information content (AvgIpc) is 2.63. The summed E-state index contributed by atoms with van der Waals surface area (Å²) in [6.45, 7) is 2.72. The summed E-state index contributed by atoms with van der Waals surface area (Å²) in [6.07, 6.45) is 0. The van der Waals surface area contributed by atoms with Crippen LogP contribution in [0.5, 0.6) is 5.75 Å². The van der Waals surface area contributed by atoms with Crippen LogP contribution in [0.2, 0.25) is 25.1 Å². The molecule has 0 atom stereocenters. The summed E-state index contributed by atoms with van der Waals surface area (Å²) in [4.78, 5) is 0. The van der Waals surface area contributed by atoms with Gasteiger partial charge < -0.3 is 10.1 Å². The third-order valence-corrected chi connectivity index (χ3v) is 5.46. The molecule has 1 N–H and O–H groups in total. The molecule has 3 rings (SSSR count). The van der Waals surface area contributed by atoms with Crippen LogP contribution in [0, 0.1) is 6.92 Å². The zero-order chi connectivity index (χ0) is 20.3. The highest BCUT2D eigenvalue weighted by atomic mass is 35.5. The molecule has 0 aliphatic rings. The van der Waals surface area contributed by atoms with E-state index >= 15 is 0 Å². The van der Waals surface area contributed by atoms with Gasteiger partial charge in [0.2, 0.25) is 0 Å². The van der Waals surface area contributed by atoms with Gasteiger partial charge in [-0.05, 0) is 48.9 Å². The molecule has 3 aromatic rings. The first kappa shape index (κ1) is 21.4. The fraction of sp³-hybridized carbons (Fsp3) is 0.143. The van der Waals surface area contributed by atoms with E-state index in [-0.39, 0.29) is 6.61 Å². The second-order valence-corrected chi connectivity index (χ2v) is 8.34. The van der Waals surface area contributed by atoms with Crippen LogP contribution in [0.3, 0.4) is 0 Å². The molecule has 0 radical (unpaired) electrons. The number of nitrogens with one attached hydrogen (secondary N) is 1. The molecule has 146 valence electrons. The van der Waals surface area contributed by atoms with Gasteiger partial charge in [-0.15, -0.1) is 0 Å². The van der Waals surface area contributed by atoms with Crippen molar-refractivity contribution in [3.8, 4) is 5.75 Å². The highest BCUT2D eigenvalue weighted by molar-refractivity contribution is 6.36. The fourth-order valence-corrected chi connectivity index (χ4v) is 3.90. The first-order valence-electron chi connectivity index (χ1n) is 8.38. The molecule has 0 spiro atoms. The smallest absolute Gasteiger partial charge is 0.143 e. The van der Waals surface area contributed by atoms with E-state index < -0.39 is 0 Å². The number of rotatable bonds is 6. The minimum Gasteiger partial charge on any atom is -0.487 e. The van der Waals surface area contributed by atoms with Crippen molar-refractivity contribution in [2.75, 3.05) is 5.32 Å². The summed E-state index contributed by atoms with van der Waals surface area (Å²) in [6, 6.07) is 14.4. The molecule has 2 nitrogen and oxygen atoms in total. The maximum Gasteiger partial charge on any atom is 0.143 e. The summed E-state index contributed by atoms with van der Waals surface area (Å²) in [5.41, 5.74) is 3.63. The molecular weight excluding hydrogens is 460 g/mol. The van der Waals surface area contributed by atoms with Crippen LogP contribution in [0.1, 0.15) is 16.7 Å². The first-order chi connectivity index (χ1) is 13.3. The molecule has 0 aromatic heterocycles. The number of aryl methyl sites for hydroxylation is 1. The van der Waals surface area contributed by atoms with Crippen molar-refractivity contribution in [1.82, 2.24) is 0 Å². The van der Waals surface area contributed by atoms with Crippen LogP contribution in [-0.2, 0) is 13.2 Å². The highest BCUT2D eigenvalue weighted by Gasteiger charge is 2.13. The lowest BCUT2D eigenvalue weighted by Crippen LogP contribution is -2.05. The number of ether oxygens (including phenoxy) is 1. The molecule has 7 heteroatoms. The van der Waals surface area contributed by atoms with Gasteiger partial charge in [-0.25, -0.2) is 0 Å². The van der Waals surface area contributed by atoms with Crippen molar-refractivity contribution in [2.45, 2.75) is 20.1 Å². The van der Waals surface area contributed by atoms with E-state index in [1.165, 1.54) is 0 Å². The van der Waals surface area contributed by atoms with Crippen LogP contribution in [0.25, 0.3) is 0 Å². The number of benzene rings is 3. The van der Waals surface area contributed by atoms with Gasteiger partial charge in [0.1, 0.15) is 12.4 Å². The number of hydrogen-bond donors (Lipinski definition) is 1. The van der Waals surface area contributed by atoms with Crippen molar-refractivity contribution < 1.29 is 4.74 Å². The van der Waals surface area contributed by atoms with Crippen molar-refractivity contribution in [3.05, 3.63) is 90.3 Å². The largest absolute Gasteiger partial charge is 0.487 e. The Morgan fingerprint density at radius 2 is 1.43 bits per heavy atom. The molecule has 0 unspecified atom stereocenters. The number of hydrogen-bond acceptors (Lipinski definition) is 2. The summed E-state index contributed by atoms with van der Waals surface area (Å²) < 4.78 is 5.99. The van der Waals surface area contributed by atoms with Crippen LogP contribution in [-0.4, -0.2) is 0 Å². The molecule has 0 amide bonds. The fourth-order valence-electron chi connectivity index (χ4n) is 2.67. The second kappa shape index (κ2) is 9.47. The Bertz CT molecular complexity index is 1010. The van der Waals surface area contributed by atoms with Gasteiger partial charge >= 0.3 is 0 Å². The van der Waals surface area contributed by atoms with Gasteiger partial charge in [0, 0.05) is 43.4 Å². The van der Waals surface area contributed by atoms with Crippen LogP contribution < -0.4 is 10.1 Å².